The molecule has 104 valence electrons. The summed E-state index contributed by atoms with van der Waals surface area (Å²) in [6.07, 6.45) is 0.819. The van der Waals surface area contributed by atoms with E-state index in [0.717, 1.165) is 6.42 Å². The van der Waals surface area contributed by atoms with Gasteiger partial charge in [0.2, 0.25) is 0 Å². The van der Waals surface area contributed by atoms with Crippen LogP contribution in [0.2, 0.25) is 15.1 Å². The second kappa shape index (κ2) is 6.18. The van der Waals surface area contributed by atoms with Gasteiger partial charge < -0.3 is 15.4 Å². The van der Waals surface area contributed by atoms with Gasteiger partial charge in [0.1, 0.15) is 5.75 Å². The zero-order valence-corrected chi connectivity index (χ0v) is 12.3. The maximum absolute atomic E-state index is 11.9. The maximum atomic E-state index is 11.9. The largest absolute Gasteiger partial charge is 0.482 e. The zero-order valence-electron chi connectivity index (χ0n) is 10.0. The average molecular weight is 324 g/mol. The predicted molar refractivity (Wildman–Crippen MR) is 76.1 cm³/mol. The van der Waals surface area contributed by atoms with Gasteiger partial charge in [-0.15, -0.1) is 0 Å². The lowest BCUT2D eigenvalue weighted by atomic mass is 10.3. The molecule has 1 aromatic carbocycles. The number of rotatable bonds is 3. The van der Waals surface area contributed by atoms with E-state index in [-0.39, 0.29) is 18.6 Å². The number of ether oxygens (including phenoxy) is 1. The van der Waals surface area contributed by atoms with Gasteiger partial charge in [0.05, 0.1) is 15.1 Å². The smallest absolute Gasteiger partial charge is 0.260 e. The molecular weight excluding hydrogens is 311 g/mol. The molecule has 0 radical (unpaired) electrons. The minimum atomic E-state index is -0.116. The van der Waals surface area contributed by atoms with E-state index in [4.69, 9.17) is 45.3 Å². The fourth-order valence-corrected chi connectivity index (χ4v) is 2.45. The van der Waals surface area contributed by atoms with Crippen molar-refractivity contribution in [3.05, 3.63) is 27.2 Å². The highest BCUT2D eigenvalue weighted by atomic mass is 35.5. The van der Waals surface area contributed by atoms with Gasteiger partial charge in [0.25, 0.3) is 5.91 Å². The molecule has 1 aromatic rings. The third-order valence-corrected chi connectivity index (χ3v) is 3.92. The fourth-order valence-electron chi connectivity index (χ4n) is 1.86. The molecule has 0 aromatic heterocycles. The van der Waals surface area contributed by atoms with Crippen LogP contribution in [-0.4, -0.2) is 36.5 Å². The second-order valence-electron chi connectivity index (χ2n) is 4.37. The number of amides is 1. The van der Waals surface area contributed by atoms with Crippen molar-refractivity contribution >= 4 is 40.7 Å². The molecule has 1 heterocycles. The quantitative estimate of drug-likeness (QED) is 0.870. The Balaban J connectivity index is 1.95. The highest BCUT2D eigenvalue weighted by molar-refractivity contribution is 6.43. The molecule has 0 spiro atoms. The second-order valence-corrected chi connectivity index (χ2v) is 5.60. The van der Waals surface area contributed by atoms with Crippen molar-refractivity contribution < 1.29 is 9.53 Å². The van der Waals surface area contributed by atoms with Crippen LogP contribution in [0.1, 0.15) is 6.42 Å². The van der Waals surface area contributed by atoms with Crippen LogP contribution >= 0.6 is 34.8 Å². The minimum absolute atomic E-state index is 0.0533. The predicted octanol–water partition coefficient (Wildman–Crippen LogP) is 2.59. The molecule has 1 atom stereocenters. The number of hydrogen-bond acceptors (Lipinski definition) is 3. The summed E-state index contributed by atoms with van der Waals surface area (Å²) in [5.74, 6) is 0.225. The van der Waals surface area contributed by atoms with E-state index in [1.807, 2.05) is 0 Å². The molecular formula is C12H13Cl3N2O2. The minimum Gasteiger partial charge on any atom is -0.482 e. The van der Waals surface area contributed by atoms with E-state index >= 15 is 0 Å². The van der Waals surface area contributed by atoms with Crippen molar-refractivity contribution in [3.8, 4) is 5.75 Å². The van der Waals surface area contributed by atoms with Gasteiger partial charge in [0, 0.05) is 25.2 Å². The average Bonchev–Trinajstić information content (AvgIpc) is 2.78. The van der Waals surface area contributed by atoms with Crippen molar-refractivity contribution in [2.24, 2.45) is 5.73 Å². The molecule has 1 aliphatic rings. The molecule has 0 aliphatic carbocycles. The van der Waals surface area contributed by atoms with Gasteiger partial charge >= 0.3 is 0 Å². The fraction of sp³-hybridized carbons (Fsp3) is 0.417. The summed E-state index contributed by atoms with van der Waals surface area (Å²) in [7, 11) is 0. The Morgan fingerprint density at radius 1 is 1.32 bits per heavy atom. The number of halogens is 3. The standard InChI is InChI=1S/C12H13Cl3N2O2/c13-8-3-10(15)11(4-9(8)14)19-6-12(18)17-2-1-7(16)5-17/h3-4,7H,1-2,5-6,16H2/t7-/m1/s1. The Kier molecular flexibility index (Phi) is 4.79. The van der Waals surface area contributed by atoms with Crippen LogP contribution < -0.4 is 10.5 Å². The molecule has 4 nitrogen and oxygen atoms in total. The molecule has 7 heteroatoms. The van der Waals surface area contributed by atoms with Gasteiger partial charge in [-0.2, -0.15) is 0 Å². The molecule has 19 heavy (non-hydrogen) atoms. The SMILES string of the molecule is N[C@@H]1CCN(C(=O)COc2cc(Cl)c(Cl)cc2Cl)C1. The van der Waals surface area contributed by atoms with E-state index < -0.39 is 0 Å². The van der Waals surface area contributed by atoms with Crippen molar-refractivity contribution in [1.29, 1.82) is 0 Å². The normalized spacial score (nSPS) is 18.7. The number of nitrogens with zero attached hydrogens (tertiary/aromatic N) is 1. The summed E-state index contributed by atoms with van der Waals surface area (Å²) in [4.78, 5) is 13.5. The molecule has 0 bridgehead atoms. The van der Waals surface area contributed by atoms with E-state index in [1.165, 1.54) is 12.1 Å². The van der Waals surface area contributed by atoms with Crippen molar-refractivity contribution in [1.82, 2.24) is 4.90 Å². The molecule has 1 aliphatic heterocycles. The van der Waals surface area contributed by atoms with Crippen LogP contribution in [0.3, 0.4) is 0 Å². The summed E-state index contributed by atoms with van der Waals surface area (Å²) in [6.45, 7) is 1.14. The Labute approximate surface area is 126 Å². The number of nitrogens with two attached hydrogens (primary N) is 1. The Morgan fingerprint density at radius 2 is 2.00 bits per heavy atom. The van der Waals surface area contributed by atoms with Crippen molar-refractivity contribution in [2.45, 2.75) is 12.5 Å². The van der Waals surface area contributed by atoms with Gasteiger partial charge in [-0.05, 0) is 12.5 Å². The molecule has 0 saturated carbocycles. The van der Waals surface area contributed by atoms with Gasteiger partial charge in [0.15, 0.2) is 6.61 Å². The zero-order chi connectivity index (χ0) is 14.0. The number of carbonyl (C=O) groups is 1. The number of likely N-dealkylation sites (tertiary alicyclic amines) is 1. The first-order chi connectivity index (χ1) is 8.97. The Morgan fingerprint density at radius 3 is 2.63 bits per heavy atom. The summed E-state index contributed by atoms with van der Waals surface area (Å²) in [5.41, 5.74) is 5.74. The first kappa shape index (κ1) is 14.7. The Bertz CT molecular complexity index is 496. The van der Waals surface area contributed by atoms with Crippen LogP contribution in [0.15, 0.2) is 12.1 Å². The third-order valence-electron chi connectivity index (χ3n) is 2.90. The lowest BCUT2D eigenvalue weighted by Gasteiger charge is -2.16. The Hall–Kier alpha value is -0.680. The van der Waals surface area contributed by atoms with Crippen molar-refractivity contribution in [3.63, 3.8) is 0 Å². The van der Waals surface area contributed by atoms with Crippen molar-refractivity contribution in [2.75, 3.05) is 19.7 Å². The van der Waals surface area contributed by atoms with Crippen LogP contribution in [-0.2, 0) is 4.79 Å². The molecule has 2 N–H and O–H groups in total. The van der Waals surface area contributed by atoms with E-state index in [1.54, 1.807) is 4.90 Å². The van der Waals surface area contributed by atoms with Crippen LogP contribution in [0.25, 0.3) is 0 Å². The first-order valence-corrected chi connectivity index (χ1v) is 6.91. The summed E-state index contributed by atoms with van der Waals surface area (Å²) in [5, 5.41) is 0.993. The van der Waals surface area contributed by atoms with E-state index in [2.05, 4.69) is 0 Å². The molecule has 2 rings (SSSR count). The monoisotopic (exact) mass is 322 g/mol. The van der Waals surface area contributed by atoms with Gasteiger partial charge in [-0.3, -0.25) is 4.79 Å². The highest BCUT2D eigenvalue weighted by Gasteiger charge is 2.23. The number of hydrogen-bond donors (Lipinski definition) is 1. The molecule has 1 amide bonds. The van der Waals surface area contributed by atoms with Crippen LogP contribution in [0.4, 0.5) is 0 Å². The number of benzene rings is 1. The summed E-state index contributed by atoms with van der Waals surface area (Å²) in [6, 6.07) is 3.03. The number of carbonyl (C=O) groups excluding carboxylic acids is 1. The lowest BCUT2D eigenvalue weighted by Crippen LogP contribution is -2.35. The lowest BCUT2D eigenvalue weighted by molar-refractivity contribution is -0.132. The van der Waals surface area contributed by atoms with E-state index in [9.17, 15) is 4.79 Å². The third kappa shape index (κ3) is 3.66. The van der Waals surface area contributed by atoms with Gasteiger partial charge in [-0.1, -0.05) is 34.8 Å². The summed E-state index contributed by atoms with van der Waals surface area (Å²) < 4.78 is 5.37. The maximum Gasteiger partial charge on any atom is 0.260 e. The van der Waals surface area contributed by atoms with Crippen LogP contribution in [0, 0.1) is 0 Å². The summed E-state index contributed by atoms with van der Waals surface area (Å²) >= 11 is 17.6. The topological polar surface area (TPSA) is 55.6 Å². The molecule has 1 saturated heterocycles. The van der Waals surface area contributed by atoms with E-state index in [0.29, 0.717) is 33.9 Å². The highest BCUT2D eigenvalue weighted by Crippen LogP contribution is 2.33. The van der Waals surface area contributed by atoms with Gasteiger partial charge in [-0.25, -0.2) is 0 Å². The molecule has 1 fully saturated rings. The molecule has 0 unspecified atom stereocenters. The first-order valence-electron chi connectivity index (χ1n) is 5.78. The van der Waals surface area contributed by atoms with Crippen LogP contribution in [0.5, 0.6) is 5.75 Å².